The number of pyridine rings is 2. The van der Waals surface area contributed by atoms with Crippen LogP contribution in [0, 0.1) is 0 Å². The number of benzene rings is 2. The molecule has 8 nitrogen and oxygen atoms in total. The van der Waals surface area contributed by atoms with E-state index in [0.717, 1.165) is 11.1 Å². The average molecular weight is 512 g/mol. The SMILES string of the molecule is CC(=O)C(=O)Nc1ccccc1-c1cccc(-n2c(=O)c(Cc3cccnc3)nc3cccnc32)c1.Cl. The number of amides is 1. The van der Waals surface area contributed by atoms with Crippen LogP contribution in [-0.2, 0) is 16.0 Å². The minimum atomic E-state index is -0.695. The third-order valence-electron chi connectivity index (χ3n) is 5.69. The fraction of sp³-hybridized carbons (Fsp3) is 0.0714. The third-order valence-corrected chi connectivity index (χ3v) is 5.69. The summed E-state index contributed by atoms with van der Waals surface area (Å²) in [5.41, 5.74) is 4.57. The number of hydrogen-bond donors (Lipinski definition) is 1. The molecule has 0 aliphatic rings. The van der Waals surface area contributed by atoms with Gasteiger partial charge in [-0.15, -0.1) is 12.4 Å². The lowest BCUT2D eigenvalue weighted by Gasteiger charge is -2.14. The van der Waals surface area contributed by atoms with Crippen molar-refractivity contribution in [3.05, 3.63) is 113 Å². The van der Waals surface area contributed by atoms with Crippen LogP contribution in [0.25, 0.3) is 28.0 Å². The molecule has 5 aromatic rings. The van der Waals surface area contributed by atoms with Crippen LogP contribution in [-0.4, -0.2) is 31.2 Å². The first kappa shape index (κ1) is 25.4. The van der Waals surface area contributed by atoms with Gasteiger partial charge >= 0.3 is 0 Å². The number of para-hydroxylation sites is 1. The van der Waals surface area contributed by atoms with Crippen LogP contribution >= 0.6 is 12.4 Å². The monoisotopic (exact) mass is 511 g/mol. The van der Waals surface area contributed by atoms with Crippen molar-refractivity contribution < 1.29 is 9.59 Å². The number of carbonyl (C=O) groups is 2. The van der Waals surface area contributed by atoms with Gasteiger partial charge in [0.15, 0.2) is 5.65 Å². The van der Waals surface area contributed by atoms with Gasteiger partial charge in [0, 0.05) is 43.2 Å². The molecule has 3 heterocycles. The lowest BCUT2D eigenvalue weighted by molar-refractivity contribution is -0.133. The van der Waals surface area contributed by atoms with Crippen LogP contribution in [0.3, 0.4) is 0 Å². The first-order chi connectivity index (χ1) is 17.5. The van der Waals surface area contributed by atoms with Gasteiger partial charge in [-0.2, -0.15) is 0 Å². The lowest BCUT2D eigenvalue weighted by Crippen LogP contribution is -2.25. The minimum Gasteiger partial charge on any atom is -0.319 e. The Hall–Kier alpha value is -4.69. The van der Waals surface area contributed by atoms with Gasteiger partial charge < -0.3 is 5.32 Å². The summed E-state index contributed by atoms with van der Waals surface area (Å²) in [4.78, 5) is 50.4. The lowest BCUT2D eigenvalue weighted by atomic mass is 10.0. The highest BCUT2D eigenvalue weighted by atomic mass is 35.5. The first-order valence-corrected chi connectivity index (χ1v) is 11.3. The van der Waals surface area contributed by atoms with Crippen LogP contribution in [0.5, 0.6) is 0 Å². The van der Waals surface area contributed by atoms with Crippen LogP contribution in [0.2, 0.25) is 0 Å². The van der Waals surface area contributed by atoms with Crippen molar-refractivity contribution in [1.82, 2.24) is 19.5 Å². The molecule has 184 valence electrons. The molecule has 0 saturated heterocycles. The molecular weight excluding hydrogens is 490 g/mol. The molecule has 37 heavy (non-hydrogen) atoms. The summed E-state index contributed by atoms with van der Waals surface area (Å²) in [7, 11) is 0. The van der Waals surface area contributed by atoms with E-state index in [1.165, 1.54) is 6.92 Å². The molecular formula is C28H22ClN5O3. The van der Waals surface area contributed by atoms with Crippen molar-refractivity contribution in [1.29, 1.82) is 0 Å². The van der Waals surface area contributed by atoms with Crippen LogP contribution in [0.1, 0.15) is 18.2 Å². The molecule has 5 rings (SSSR count). The zero-order valence-electron chi connectivity index (χ0n) is 19.8. The molecule has 0 unspecified atom stereocenters. The van der Waals surface area contributed by atoms with Crippen molar-refractivity contribution in [2.24, 2.45) is 0 Å². The molecule has 0 atom stereocenters. The number of fused-ring (bicyclic) bond motifs is 1. The topological polar surface area (TPSA) is 107 Å². The smallest absolute Gasteiger partial charge is 0.291 e. The van der Waals surface area contributed by atoms with E-state index in [2.05, 4.69) is 20.3 Å². The van der Waals surface area contributed by atoms with Gasteiger partial charge in [-0.05, 0) is 47.5 Å². The van der Waals surface area contributed by atoms with E-state index in [4.69, 9.17) is 0 Å². The van der Waals surface area contributed by atoms with Gasteiger partial charge in [-0.1, -0.05) is 36.4 Å². The van der Waals surface area contributed by atoms with Gasteiger partial charge in [-0.25, -0.2) is 9.97 Å². The Balaban J connectivity index is 0.00000320. The molecule has 0 aliphatic carbocycles. The second-order valence-corrected chi connectivity index (χ2v) is 8.19. The maximum atomic E-state index is 13.7. The number of aromatic nitrogens is 4. The summed E-state index contributed by atoms with van der Waals surface area (Å²) in [5, 5.41) is 2.66. The number of halogens is 1. The zero-order chi connectivity index (χ0) is 25.1. The van der Waals surface area contributed by atoms with Crippen LogP contribution in [0.15, 0.2) is 96.2 Å². The van der Waals surface area contributed by atoms with E-state index in [0.29, 0.717) is 40.2 Å². The van der Waals surface area contributed by atoms with Gasteiger partial charge in [0.1, 0.15) is 11.2 Å². The van der Waals surface area contributed by atoms with E-state index in [1.54, 1.807) is 41.4 Å². The van der Waals surface area contributed by atoms with E-state index in [1.807, 2.05) is 54.6 Å². The third kappa shape index (κ3) is 5.29. The van der Waals surface area contributed by atoms with Crippen molar-refractivity contribution in [2.75, 3.05) is 5.32 Å². The summed E-state index contributed by atoms with van der Waals surface area (Å²) in [5.74, 6) is -1.28. The Morgan fingerprint density at radius 2 is 1.76 bits per heavy atom. The van der Waals surface area contributed by atoms with Crippen molar-refractivity contribution >= 4 is 40.9 Å². The molecule has 0 spiro atoms. The van der Waals surface area contributed by atoms with Gasteiger partial charge in [0.05, 0.1) is 5.69 Å². The van der Waals surface area contributed by atoms with E-state index in [9.17, 15) is 14.4 Å². The Morgan fingerprint density at radius 1 is 0.946 bits per heavy atom. The molecule has 1 N–H and O–H groups in total. The number of nitrogens with one attached hydrogen (secondary N) is 1. The molecule has 0 radical (unpaired) electrons. The molecule has 0 aliphatic heterocycles. The Kier molecular flexibility index (Phi) is 7.50. The van der Waals surface area contributed by atoms with Crippen LogP contribution < -0.4 is 10.9 Å². The normalized spacial score (nSPS) is 10.5. The number of hydrogen-bond acceptors (Lipinski definition) is 6. The van der Waals surface area contributed by atoms with Crippen molar-refractivity contribution in [3.8, 4) is 16.8 Å². The molecule has 9 heteroatoms. The van der Waals surface area contributed by atoms with Gasteiger partial charge in [0.25, 0.3) is 11.5 Å². The minimum absolute atomic E-state index is 0. The highest BCUT2D eigenvalue weighted by Crippen LogP contribution is 2.29. The zero-order valence-corrected chi connectivity index (χ0v) is 20.6. The largest absolute Gasteiger partial charge is 0.319 e. The van der Waals surface area contributed by atoms with Gasteiger partial charge in [-0.3, -0.25) is 23.9 Å². The predicted molar refractivity (Wildman–Crippen MR) is 144 cm³/mol. The molecule has 0 fully saturated rings. The Bertz CT molecular complexity index is 1670. The Labute approximate surface area is 218 Å². The second-order valence-electron chi connectivity index (χ2n) is 8.19. The number of rotatable bonds is 6. The Morgan fingerprint density at radius 3 is 2.54 bits per heavy atom. The van der Waals surface area contributed by atoms with Crippen molar-refractivity contribution in [3.63, 3.8) is 0 Å². The van der Waals surface area contributed by atoms with Crippen molar-refractivity contribution in [2.45, 2.75) is 13.3 Å². The molecule has 1 amide bonds. The number of ketones is 1. The maximum absolute atomic E-state index is 13.7. The standard InChI is InChI=1S/C28H21N5O3.ClH/c1-18(34)27(35)32-23-11-3-2-10-22(23)20-8-4-9-21(16-20)33-26-24(12-6-14-30-26)31-25(28(33)36)15-19-7-5-13-29-17-19;/h2-14,16-17H,15H2,1H3,(H,32,35);1H. The van der Waals surface area contributed by atoms with E-state index >= 15 is 0 Å². The van der Waals surface area contributed by atoms with E-state index < -0.39 is 11.7 Å². The second kappa shape index (κ2) is 10.9. The first-order valence-electron chi connectivity index (χ1n) is 11.3. The summed E-state index contributed by atoms with van der Waals surface area (Å²) in [6.07, 6.45) is 5.35. The number of anilines is 1. The number of carbonyl (C=O) groups excluding carboxylic acids is 2. The maximum Gasteiger partial charge on any atom is 0.291 e. The quantitative estimate of drug-likeness (QED) is 0.339. The fourth-order valence-electron chi connectivity index (χ4n) is 3.98. The molecule has 0 bridgehead atoms. The number of Topliss-reactive ketones (excluding diaryl/α,β-unsaturated/α-hetero) is 1. The molecule has 0 saturated carbocycles. The predicted octanol–water partition coefficient (Wildman–Crippen LogP) is 4.38. The highest BCUT2D eigenvalue weighted by Gasteiger charge is 2.16. The van der Waals surface area contributed by atoms with Gasteiger partial charge in [0.2, 0.25) is 5.78 Å². The van der Waals surface area contributed by atoms with Crippen LogP contribution in [0.4, 0.5) is 5.69 Å². The highest BCUT2D eigenvalue weighted by molar-refractivity contribution is 6.40. The molecule has 2 aromatic carbocycles. The summed E-state index contributed by atoms with van der Waals surface area (Å²) in [6, 6.07) is 21.9. The summed E-state index contributed by atoms with van der Waals surface area (Å²) in [6.45, 7) is 1.22. The summed E-state index contributed by atoms with van der Waals surface area (Å²) >= 11 is 0. The number of nitrogens with zero attached hydrogens (tertiary/aromatic N) is 4. The summed E-state index contributed by atoms with van der Waals surface area (Å²) < 4.78 is 1.55. The average Bonchev–Trinajstić information content (AvgIpc) is 2.90. The molecule has 3 aromatic heterocycles. The van der Waals surface area contributed by atoms with E-state index in [-0.39, 0.29) is 18.0 Å². The fourth-order valence-corrected chi connectivity index (χ4v) is 3.98.